The summed E-state index contributed by atoms with van der Waals surface area (Å²) >= 11 is 0. The van der Waals surface area contributed by atoms with Gasteiger partial charge in [-0.2, -0.15) is 5.10 Å². The molecular weight excluding hydrogens is 416 g/mol. The third-order valence-corrected chi connectivity index (χ3v) is 6.13. The van der Waals surface area contributed by atoms with Crippen LogP contribution >= 0.6 is 0 Å². The van der Waals surface area contributed by atoms with Crippen LogP contribution in [0, 0.1) is 0 Å². The second kappa shape index (κ2) is 9.58. The highest BCUT2D eigenvalue weighted by Crippen LogP contribution is 2.34. The Bertz CT molecular complexity index is 1120. The number of amides is 2. The number of ether oxygens (including phenoxy) is 1. The molecule has 1 N–H and O–H groups in total. The number of anilines is 1. The van der Waals surface area contributed by atoms with Gasteiger partial charge < -0.3 is 10.1 Å². The molecule has 1 atom stereocenters. The minimum atomic E-state index is -1.13. The fourth-order valence-corrected chi connectivity index (χ4v) is 4.23. The lowest BCUT2D eigenvalue weighted by molar-refractivity contribution is -0.126. The monoisotopic (exact) mass is 446 g/mol. The Morgan fingerprint density at radius 1 is 1.15 bits per heavy atom. The zero-order valence-corrected chi connectivity index (χ0v) is 19.4. The highest BCUT2D eigenvalue weighted by Gasteiger charge is 2.48. The molecule has 2 amide bonds. The Kier molecular flexibility index (Phi) is 6.60. The zero-order valence-electron chi connectivity index (χ0n) is 19.4. The average Bonchev–Trinajstić information content (AvgIpc) is 3.27. The lowest BCUT2D eigenvalue weighted by atomic mass is 9.93. The van der Waals surface area contributed by atoms with E-state index in [-0.39, 0.29) is 18.4 Å². The van der Waals surface area contributed by atoms with Crippen molar-refractivity contribution in [3.05, 3.63) is 71.9 Å². The molecular formula is C26H30N4O3. The number of benzene rings is 2. The van der Waals surface area contributed by atoms with Crippen LogP contribution in [-0.2, 0) is 22.5 Å². The summed E-state index contributed by atoms with van der Waals surface area (Å²) in [6.07, 6.45) is 1.60. The molecule has 1 aliphatic rings. The molecule has 172 valence electrons. The maximum Gasteiger partial charge on any atom is 0.277 e. The molecule has 2 aromatic carbocycles. The molecule has 0 radical (unpaired) electrons. The SMILES string of the molecule is CCc1ccc(N2C(=O)c3cc(-c4ccccc4)nn3CC2(C)C(=O)NCCCOC)cc1. The van der Waals surface area contributed by atoms with Crippen LogP contribution in [0.3, 0.4) is 0 Å². The predicted molar refractivity (Wildman–Crippen MR) is 128 cm³/mol. The van der Waals surface area contributed by atoms with E-state index >= 15 is 0 Å². The fourth-order valence-electron chi connectivity index (χ4n) is 4.23. The number of fused-ring (bicyclic) bond motifs is 1. The molecule has 0 bridgehead atoms. The summed E-state index contributed by atoms with van der Waals surface area (Å²) in [6, 6.07) is 19.4. The summed E-state index contributed by atoms with van der Waals surface area (Å²) in [5.74, 6) is -0.455. The molecule has 0 aliphatic carbocycles. The van der Waals surface area contributed by atoms with Crippen LogP contribution in [0.1, 0.15) is 36.3 Å². The first kappa shape index (κ1) is 22.7. The van der Waals surface area contributed by atoms with Crippen molar-refractivity contribution in [2.24, 2.45) is 0 Å². The molecule has 2 heterocycles. The Labute approximate surface area is 194 Å². The lowest BCUT2D eigenvalue weighted by Crippen LogP contribution is -2.64. The van der Waals surface area contributed by atoms with Crippen molar-refractivity contribution < 1.29 is 14.3 Å². The van der Waals surface area contributed by atoms with Gasteiger partial charge in [-0.3, -0.25) is 19.2 Å². The average molecular weight is 447 g/mol. The highest BCUT2D eigenvalue weighted by molar-refractivity contribution is 6.12. The van der Waals surface area contributed by atoms with Gasteiger partial charge in [0.25, 0.3) is 5.91 Å². The third-order valence-electron chi connectivity index (χ3n) is 6.13. The molecule has 0 saturated carbocycles. The van der Waals surface area contributed by atoms with Crippen LogP contribution in [-0.4, -0.2) is 47.4 Å². The van der Waals surface area contributed by atoms with Crippen molar-refractivity contribution in [1.29, 1.82) is 0 Å². The van der Waals surface area contributed by atoms with E-state index in [4.69, 9.17) is 4.74 Å². The first-order valence-electron chi connectivity index (χ1n) is 11.3. The number of carbonyl (C=O) groups excluding carboxylic acids is 2. The molecule has 1 unspecified atom stereocenters. The Morgan fingerprint density at radius 3 is 2.55 bits per heavy atom. The van der Waals surface area contributed by atoms with Gasteiger partial charge in [-0.25, -0.2) is 0 Å². The maximum atomic E-state index is 13.8. The van der Waals surface area contributed by atoms with Gasteiger partial charge in [0.1, 0.15) is 11.2 Å². The molecule has 1 aromatic heterocycles. The summed E-state index contributed by atoms with van der Waals surface area (Å²) in [4.78, 5) is 28.8. The Morgan fingerprint density at radius 2 is 1.88 bits per heavy atom. The van der Waals surface area contributed by atoms with E-state index in [1.54, 1.807) is 29.7 Å². The Balaban J connectivity index is 1.73. The standard InChI is InChI=1S/C26H30N4O3/c1-4-19-11-13-21(14-12-19)30-24(31)23-17-22(20-9-6-5-7-10-20)28-29(23)18-26(30,2)25(32)27-15-8-16-33-3/h5-7,9-14,17H,4,8,15-16,18H2,1-3H3,(H,27,32). The van der Waals surface area contributed by atoms with Crippen LogP contribution in [0.15, 0.2) is 60.7 Å². The number of hydrogen-bond donors (Lipinski definition) is 1. The van der Waals surface area contributed by atoms with Gasteiger partial charge in [0, 0.05) is 31.5 Å². The topological polar surface area (TPSA) is 76.5 Å². The van der Waals surface area contributed by atoms with Gasteiger partial charge in [-0.1, -0.05) is 49.4 Å². The van der Waals surface area contributed by atoms with E-state index in [2.05, 4.69) is 17.3 Å². The van der Waals surface area contributed by atoms with Crippen LogP contribution in [0.2, 0.25) is 0 Å². The number of aryl methyl sites for hydroxylation is 1. The van der Waals surface area contributed by atoms with Crippen molar-refractivity contribution >= 4 is 17.5 Å². The molecule has 1 aliphatic heterocycles. The minimum absolute atomic E-state index is 0.214. The van der Waals surface area contributed by atoms with Gasteiger partial charge in [0.05, 0.1) is 12.2 Å². The highest BCUT2D eigenvalue weighted by atomic mass is 16.5. The summed E-state index contributed by atoms with van der Waals surface area (Å²) in [5.41, 5.74) is 2.84. The second-order valence-corrected chi connectivity index (χ2v) is 8.48. The number of rotatable bonds is 8. The van der Waals surface area contributed by atoms with Gasteiger partial charge in [0.15, 0.2) is 0 Å². The van der Waals surface area contributed by atoms with Gasteiger partial charge in [-0.05, 0) is 43.5 Å². The maximum absolute atomic E-state index is 13.8. The molecule has 3 aromatic rings. The van der Waals surface area contributed by atoms with Crippen molar-refractivity contribution in [2.45, 2.75) is 38.8 Å². The summed E-state index contributed by atoms with van der Waals surface area (Å²) in [6.45, 7) is 5.17. The van der Waals surface area contributed by atoms with Crippen LogP contribution in [0.25, 0.3) is 11.3 Å². The van der Waals surface area contributed by atoms with E-state index in [9.17, 15) is 9.59 Å². The predicted octanol–water partition coefficient (Wildman–Crippen LogP) is 3.68. The number of aromatic nitrogens is 2. The molecule has 7 nitrogen and oxygen atoms in total. The largest absolute Gasteiger partial charge is 0.385 e. The van der Waals surface area contributed by atoms with Crippen LogP contribution in [0.4, 0.5) is 5.69 Å². The zero-order chi connectivity index (χ0) is 23.4. The second-order valence-electron chi connectivity index (χ2n) is 8.48. The third kappa shape index (κ3) is 4.41. The van der Waals surface area contributed by atoms with E-state index in [0.717, 1.165) is 12.0 Å². The van der Waals surface area contributed by atoms with Crippen molar-refractivity contribution in [3.8, 4) is 11.3 Å². The smallest absolute Gasteiger partial charge is 0.277 e. The molecule has 7 heteroatoms. The first-order chi connectivity index (χ1) is 16.0. The van der Waals surface area contributed by atoms with Gasteiger partial charge >= 0.3 is 0 Å². The molecule has 0 spiro atoms. The summed E-state index contributed by atoms with van der Waals surface area (Å²) in [5, 5.41) is 7.67. The quantitative estimate of drug-likeness (QED) is 0.536. The molecule has 0 fully saturated rings. The van der Waals surface area contributed by atoms with E-state index < -0.39 is 5.54 Å². The fraction of sp³-hybridized carbons (Fsp3) is 0.346. The number of methoxy groups -OCH3 is 1. The number of hydrogen-bond acceptors (Lipinski definition) is 4. The molecule has 33 heavy (non-hydrogen) atoms. The van der Waals surface area contributed by atoms with Crippen LogP contribution in [0.5, 0.6) is 0 Å². The Hall–Kier alpha value is -3.45. The lowest BCUT2D eigenvalue weighted by Gasteiger charge is -2.43. The van der Waals surface area contributed by atoms with Crippen molar-refractivity contribution in [3.63, 3.8) is 0 Å². The van der Waals surface area contributed by atoms with Gasteiger partial charge in [-0.15, -0.1) is 0 Å². The molecule has 0 saturated heterocycles. The first-order valence-corrected chi connectivity index (χ1v) is 11.3. The number of nitrogens with one attached hydrogen (secondary N) is 1. The molecule has 4 rings (SSSR count). The van der Waals surface area contributed by atoms with Crippen LogP contribution < -0.4 is 10.2 Å². The van der Waals surface area contributed by atoms with Crippen molar-refractivity contribution in [1.82, 2.24) is 15.1 Å². The summed E-state index contributed by atoms with van der Waals surface area (Å²) < 4.78 is 6.75. The number of nitrogens with zero attached hydrogens (tertiary/aromatic N) is 3. The van der Waals surface area contributed by atoms with Gasteiger partial charge in [0.2, 0.25) is 5.91 Å². The summed E-state index contributed by atoms with van der Waals surface area (Å²) in [7, 11) is 1.63. The normalized spacial score (nSPS) is 17.7. The number of carbonyl (C=O) groups is 2. The van der Waals surface area contributed by atoms with Crippen molar-refractivity contribution in [2.75, 3.05) is 25.2 Å². The minimum Gasteiger partial charge on any atom is -0.385 e. The van der Waals surface area contributed by atoms with E-state index in [1.807, 2.05) is 54.6 Å². The van der Waals surface area contributed by atoms with E-state index in [0.29, 0.717) is 36.6 Å². The van der Waals surface area contributed by atoms with E-state index in [1.165, 1.54) is 5.56 Å².